The average molecular weight is 299 g/mol. The molecule has 0 unspecified atom stereocenters. The second-order valence-electron chi connectivity index (χ2n) is 4.87. The van der Waals surface area contributed by atoms with E-state index in [1.165, 1.54) is 5.56 Å². The number of methoxy groups -OCH3 is 1. The molecule has 1 amide bonds. The number of carbonyl (C=O) groups is 1. The van der Waals surface area contributed by atoms with Gasteiger partial charge in [0, 0.05) is 32.6 Å². The van der Waals surface area contributed by atoms with Crippen LogP contribution in [0.5, 0.6) is 0 Å². The maximum Gasteiger partial charge on any atom is 0.253 e. The number of pyridine rings is 1. The molecular weight excluding hydrogens is 278 g/mol. The van der Waals surface area contributed by atoms with Crippen molar-refractivity contribution >= 4 is 11.6 Å². The Labute approximate surface area is 130 Å². The summed E-state index contributed by atoms with van der Waals surface area (Å²) in [4.78, 5) is 16.0. The molecule has 1 heterocycles. The van der Waals surface area contributed by atoms with Crippen LogP contribution in [0.1, 0.15) is 15.9 Å². The van der Waals surface area contributed by atoms with Crippen LogP contribution in [-0.2, 0) is 11.2 Å². The Balaban J connectivity index is 1.84. The van der Waals surface area contributed by atoms with E-state index < -0.39 is 0 Å². The predicted molar refractivity (Wildman–Crippen MR) is 87.1 cm³/mol. The van der Waals surface area contributed by atoms with Crippen LogP contribution in [0.3, 0.4) is 0 Å². The number of nitrogens with one attached hydrogen (secondary N) is 2. The molecule has 5 heteroatoms. The van der Waals surface area contributed by atoms with Crippen LogP contribution in [-0.4, -0.2) is 37.7 Å². The molecule has 2 rings (SSSR count). The number of ether oxygens (including phenoxy) is 1. The molecule has 0 spiro atoms. The van der Waals surface area contributed by atoms with E-state index in [4.69, 9.17) is 4.74 Å². The molecule has 0 fully saturated rings. The molecule has 0 saturated carbocycles. The minimum absolute atomic E-state index is 0.142. The highest BCUT2D eigenvalue weighted by molar-refractivity contribution is 5.94. The lowest BCUT2D eigenvalue weighted by Crippen LogP contribution is -2.27. The minimum atomic E-state index is -0.142. The van der Waals surface area contributed by atoms with Crippen LogP contribution >= 0.6 is 0 Å². The number of hydrogen-bond donors (Lipinski definition) is 2. The molecule has 0 radical (unpaired) electrons. The summed E-state index contributed by atoms with van der Waals surface area (Å²) in [6.45, 7) is 1.77. The highest BCUT2D eigenvalue weighted by Gasteiger charge is 2.06. The topological polar surface area (TPSA) is 63.2 Å². The zero-order chi connectivity index (χ0) is 15.6. The third-order valence-corrected chi connectivity index (χ3v) is 3.18. The molecule has 2 N–H and O–H groups in total. The summed E-state index contributed by atoms with van der Waals surface area (Å²) in [5.41, 5.74) is 2.66. The van der Waals surface area contributed by atoms with Gasteiger partial charge in [0.15, 0.2) is 0 Å². The molecule has 1 aromatic heterocycles. The molecule has 116 valence electrons. The number of hydrogen-bond acceptors (Lipinski definition) is 4. The Morgan fingerprint density at radius 2 is 2.00 bits per heavy atom. The van der Waals surface area contributed by atoms with Crippen molar-refractivity contribution in [3.8, 4) is 0 Å². The molecule has 22 heavy (non-hydrogen) atoms. The highest BCUT2D eigenvalue weighted by atomic mass is 16.5. The summed E-state index contributed by atoms with van der Waals surface area (Å²) >= 11 is 0. The third kappa shape index (κ3) is 5.18. The number of anilines is 1. The lowest BCUT2D eigenvalue weighted by atomic mass is 10.1. The quantitative estimate of drug-likeness (QED) is 0.733. The molecular formula is C17H21N3O2. The Bertz CT molecular complexity index is 587. The van der Waals surface area contributed by atoms with E-state index in [1.807, 2.05) is 18.2 Å². The number of carbonyl (C=O) groups excluding carboxylic acids is 1. The fourth-order valence-electron chi connectivity index (χ4n) is 2.03. The van der Waals surface area contributed by atoms with Gasteiger partial charge in [-0.1, -0.05) is 30.3 Å². The number of benzene rings is 1. The summed E-state index contributed by atoms with van der Waals surface area (Å²) < 4.78 is 4.90. The lowest BCUT2D eigenvalue weighted by molar-refractivity contribution is 0.0937. The van der Waals surface area contributed by atoms with Gasteiger partial charge in [-0.05, 0) is 18.1 Å². The van der Waals surface area contributed by atoms with Crippen LogP contribution in [0, 0.1) is 0 Å². The second kappa shape index (κ2) is 8.79. The molecule has 0 bridgehead atoms. The van der Waals surface area contributed by atoms with Crippen molar-refractivity contribution in [2.75, 3.05) is 32.1 Å². The van der Waals surface area contributed by atoms with Gasteiger partial charge in [-0.25, -0.2) is 0 Å². The van der Waals surface area contributed by atoms with E-state index in [1.54, 1.807) is 25.6 Å². The smallest absolute Gasteiger partial charge is 0.253 e. The van der Waals surface area contributed by atoms with Crippen LogP contribution in [0.4, 0.5) is 5.69 Å². The zero-order valence-corrected chi connectivity index (χ0v) is 12.7. The summed E-state index contributed by atoms with van der Waals surface area (Å²) in [5, 5.41) is 6.07. The first kappa shape index (κ1) is 16.0. The maximum absolute atomic E-state index is 11.9. The van der Waals surface area contributed by atoms with Crippen LogP contribution in [0.25, 0.3) is 0 Å². The summed E-state index contributed by atoms with van der Waals surface area (Å²) in [5.74, 6) is -0.142. The molecule has 0 aliphatic carbocycles. The second-order valence-corrected chi connectivity index (χ2v) is 4.87. The van der Waals surface area contributed by atoms with E-state index >= 15 is 0 Å². The van der Waals surface area contributed by atoms with Gasteiger partial charge in [-0.15, -0.1) is 0 Å². The number of rotatable bonds is 8. The molecule has 5 nitrogen and oxygen atoms in total. The third-order valence-electron chi connectivity index (χ3n) is 3.18. The highest BCUT2D eigenvalue weighted by Crippen LogP contribution is 2.09. The fourth-order valence-corrected chi connectivity index (χ4v) is 2.03. The Morgan fingerprint density at radius 1 is 1.18 bits per heavy atom. The SMILES string of the molecule is COCCNC(=O)c1cncc(NCCc2ccccc2)c1. The Kier molecular flexibility index (Phi) is 6.39. The first-order valence-corrected chi connectivity index (χ1v) is 7.29. The van der Waals surface area contributed by atoms with Crippen molar-refractivity contribution in [2.24, 2.45) is 0 Å². The lowest BCUT2D eigenvalue weighted by Gasteiger charge is -2.08. The first-order valence-electron chi connectivity index (χ1n) is 7.29. The van der Waals surface area contributed by atoms with E-state index in [0.29, 0.717) is 18.7 Å². The van der Waals surface area contributed by atoms with Crippen molar-refractivity contribution in [2.45, 2.75) is 6.42 Å². The first-order chi connectivity index (χ1) is 10.8. The normalized spacial score (nSPS) is 10.2. The summed E-state index contributed by atoms with van der Waals surface area (Å²) in [7, 11) is 1.60. The van der Waals surface area contributed by atoms with Crippen LogP contribution in [0.15, 0.2) is 48.8 Å². The van der Waals surface area contributed by atoms with Gasteiger partial charge in [0.25, 0.3) is 5.91 Å². The van der Waals surface area contributed by atoms with E-state index in [0.717, 1.165) is 18.7 Å². The number of nitrogens with zero attached hydrogens (tertiary/aromatic N) is 1. The van der Waals surface area contributed by atoms with Crippen molar-refractivity contribution in [1.82, 2.24) is 10.3 Å². The largest absolute Gasteiger partial charge is 0.383 e. The minimum Gasteiger partial charge on any atom is -0.383 e. The molecule has 0 aliphatic rings. The molecule has 1 aromatic carbocycles. The summed E-state index contributed by atoms with van der Waals surface area (Å²) in [6.07, 6.45) is 4.20. The van der Waals surface area contributed by atoms with Gasteiger partial charge in [0.05, 0.1) is 17.9 Å². The molecule has 0 saturated heterocycles. The van der Waals surface area contributed by atoms with Gasteiger partial charge < -0.3 is 15.4 Å². The standard InChI is InChI=1S/C17H21N3O2/c1-22-10-9-20-17(21)15-11-16(13-18-12-15)19-8-7-14-5-3-2-4-6-14/h2-6,11-13,19H,7-10H2,1H3,(H,20,21). The van der Waals surface area contributed by atoms with E-state index in [2.05, 4.69) is 27.8 Å². The van der Waals surface area contributed by atoms with Gasteiger partial charge in [-0.3, -0.25) is 9.78 Å². The van der Waals surface area contributed by atoms with Gasteiger partial charge in [0.2, 0.25) is 0 Å². The van der Waals surface area contributed by atoms with Crippen LogP contribution < -0.4 is 10.6 Å². The molecule has 0 aliphatic heterocycles. The van der Waals surface area contributed by atoms with Crippen molar-refractivity contribution in [3.05, 3.63) is 59.9 Å². The number of aromatic nitrogens is 1. The van der Waals surface area contributed by atoms with Crippen LogP contribution in [0.2, 0.25) is 0 Å². The van der Waals surface area contributed by atoms with E-state index in [-0.39, 0.29) is 5.91 Å². The molecule has 2 aromatic rings. The monoisotopic (exact) mass is 299 g/mol. The van der Waals surface area contributed by atoms with Crippen molar-refractivity contribution in [3.63, 3.8) is 0 Å². The summed E-state index contributed by atoms with van der Waals surface area (Å²) in [6, 6.07) is 12.1. The predicted octanol–water partition coefficient (Wildman–Crippen LogP) is 2.11. The average Bonchev–Trinajstić information content (AvgIpc) is 2.56. The van der Waals surface area contributed by atoms with Crippen molar-refractivity contribution in [1.29, 1.82) is 0 Å². The fraction of sp³-hybridized carbons (Fsp3) is 0.294. The molecule has 0 atom stereocenters. The maximum atomic E-state index is 11.9. The van der Waals surface area contributed by atoms with Gasteiger partial charge >= 0.3 is 0 Å². The van der Waals surface area contributed by atoms with E-state index in [9.17, 15) is 4.79 Å². The Hall–Kier alpha value is -2.40. The Morgan fingerprint density at radius 3 is 2.77 bits per heavy atom. The zero-order valence-electron chi connectivity index (χ0n) is 12.7. The van der Waals surface area contributed by atoms with Gasteiger partial charge in [0.1, 0.15) is 0 Å². The number of amides is 1. The van der Waals surface area contributed by atoms with Gasteiger partial charge in [-0.2, -0.15) is 0 Å². The van der Waals surface area contributed by atoms with Crippen molar-refractivity contribution < 1.29 is 9.53 Å².